The van der Waals surface area contributed by atoms with Crippen molar-refractivity contribution < 1.29 is 0 Å². The first-order chi connectivity index (χ1) is 13.5. The first kappa shape index (κ1) is 18.0. The summed E-state index contributed by atoms with van der Waals surface area (Å²) in [4.78, 5) is 20.4. The summed E-state index contributed by atoms with van der Waals surface area (Å²) in [5, 5.41) is 10.4. The lowest BCUT2D eigenvalue weighted by atomic mass is 10.1. The smallest absolute Gasteiger partial charge is 0.226 e. The molecule has 1 aromatic carbocycles. The lowest BCUT2D eigenvalue weighted by Gasteiger charge is -2.36. The molecule has 142 valence electrons. The van der Waals surface area contributed by atoms with Crippen molar-refractivity contribution in [3.8, 4) is 6.07 Å². The number of hydrogen-bond acceptors (Lipinski definition) is 7. The molecule has 3 heterocycles. The Morgan fingerprint density at radius 1 is 0.929 bits per heavy atom. The van der Waals surface area contributed by atoms with E-state index in [9.17, 15) is 5.26 Å². The van der Waals surface area contributed by atoms with Crippen LogP contribution in [0.15, 0.2) is 36.4 Å². The predicted molar refractivity (Wildman–Crippen MR) is 112 cm³/mol. The Bertz CT molecular complexity index is 1050. The lowest BCUT2D eigenvalue weighted by Crippen LogP contribution is -2.47. The van der Waals surface area contributed by atoms with Crippen LogP contribution in [0, 0.1) is 18.3 Å². The van der Waals surface area contributed by atoms with Gasteiger partial charge in [-0.05, 0) is 19.1 Å². The third kappa shape index (κ3) is 3.41. The molecule has 1 aliphatic heterocycles. The Morgan fingerprint density at radius 2 is 1.57 bits per heavy atom. The fourth-order valence-corrected chi connectivity index (χ4v) is 3.48. The largest absolute Gasteiger partial charge is 0.353 e. The van der Waals surface area contributed by atoms with Gasteiger partial charge < -0.3 is 14.7 Å². The van der Waals surface area contributed by atoms with E-state index in [1.165, 1.54) is 0 Å². The fraction of sp³-hybridized carbons (Fsp3) is 0.333. The van der Waals surface area contributed by atoms with Crippen molar-refractivity contribution >= 4 is 28.5 Å². The molecular weight excluding hydrogens is 350 g/mol. The van der Waals surface area contributed by atoms with Gasteiger partial charge in [0.2, 0.25) is 5.95 Å². The number of piperazine rings is 1. The number of para-hydroxylation sites is 1. The number of anilines is 3. The quantitative estimate of drug-likeness (QED) is 0.699. The van der Waals surface area contributed by atoms with E-state index in [2.05, 4.69) is 25.8 Å². The van der Waals surface area contributed by atoms with Gasteiger partial charge in [-0.2, -0.15) is 10.2 Å². The molecule has 0 saturated carbocycles. The molecule has 0 N–H and O–H groups in total. The van der Waals surface area contributed by atoms with E-state index in [0.717, 1.165) is 60.4 Å². The molecule has 7 heteroatoms. The molecule has 1 saturated heterocycles. The van der Waals surface area contributed by atoms with Crippen LogP contribution in [0.5, 0.6) is 0 Å². The maximum absolute atomic E-state index is 9.52. The molecule has 0 aliphatic carbocycles. The Morgan fingerprint density at radius 3 is 2.21 bits per heavy atom. The summed E-state index contributed by atoms with van der Waals surface area (Å²) in [6.45, 7) is 5.35. The first-order valence-electron chi connectivity index (χ1n) is 9.38. The lowest BCUT2D eigenvalue weighted by molar-refractivity contribution is 0.641. The van der Waals surface area contributed by atoms with Crippen LogP contribution in [0.3, 0.4) is 0 Å². The molecule has 0 atom stereocenters. The molecule has 0 radical (unpaired) electrons. The number of nitrogens with zero attached hydrogens (tertiary/aromatic N) is 7. The number of hydrogen-bond donors (Lipinski definition) is 0. The maximum Gasteiger partial charge on any atom is 0.226 e. The fourth-order valence-electron chi connectivity index (χ4n) is 3.48. The minimum absolute atomic E-state index is 0.671. The van der Waals surface area contributed by atoms with E-state index in [1.54, 1.807) is 0 Å². The van der Waals surface area contributed by atoms with Gasteiger partial charge in [0, 0.05) is 57.4 Å². The van der Waals surface area contributed by atoms with Crippen molar-refractivity contribution in [2.24, 2.45) is 0 Å². The van der Waals surface area contributed by atoms with Crippen LogP contribution >= 0.6 is 0 Å². The van der Waals surface area contributed by atoms with Crippen LogP contribution in [0.4, 0.5) is 17.6 Å². The summed E-state index contributed by atoms with van der Waals surface area (Å²) >= 11 is 0. The SMILES string of the molecule is Cc1cc(N2CCN(c3cc(C#N)c4ccccc4n3)CC2)nc(N(C)C)n1. The van der Waals surface area contributed by atoms with Gasteiger partial charge in [0.05, 0.1) is 17.1 Å². The van der Waals surface area contributed by atoms with Crippen LogP contribution < -0.4 is 14.7 Å². The average molecular weight is 373 g/mol. The molecule has 1 aliphatic rings. The molecule has 3 aromatic rings. The highest BCUT2D eigenvalue weighted by Crippen LogP contribution is 2.24. The summed E-state index contributed by atoms with van der Waals surface area (Å²) in [6.07, 6.45) is 0. The second-order valence-corrected chi connectivity index (χ2v) is 7.19. The molecule has 0 unspecified atom stereocenters. The Kier molecular flexibility index (Phi) is 4.70. The summed E-state index contributed by atoms with van der Waals surface area (Å²) < 4.78 is 0. The van der Waals surface area contributed by atoms with Crippen LogP contribution in [0.25, 0.3) is 10.9 Å². The number of aromatic nitrogens is 3. The zero-order chi connectivity index (χ0) is 19.7. The van der Waals surface area contributed by atoms with Crippen LogP contribution in [-0.2, 0) is 0 Å². The Balaban J connectivity index is 1.55. The van der Waals surface area contributed by atoms with Crippen molar-refractivity contribution in [3.63, 3.8) is 0 Å². The highest BCUT2D eigenvalue weighted by Gasteiger charge is 2.21. The molecule has 0 amide bonds. The van der Waals surface area contributed by atoms with Gasteiger partial charge >= 0.3 is 0 Å². The van der Waals surface area contributed by atoms with Crippen molar-refractivity contribution in [2.75, 3.05) is 55.0 Å². The zero-order valence-corrected chi connectivity index (χ0v) is 16.4. The Labute approximate surface area is 164 Å². The number of rotatable bonds is 3. The molecule has 1 fully saturated rings. The van der Waals surface area contributed by atoms with E-state index in [1.807, 2.05) is 62.3 Å². The van der Waals surface area contributed by atoms with Crippen LogP contribution in [0.2, 0.25) is 0 Å². The van der Waals surface area contributed by atoms with Gasteiger partial charge in [0.25, 0.3) is 0 Å². The minimum atomic E-state index is 0.671. The van der Waals surface area contributed by atoms with Gasteiger partial charge in [-0.15, -0.1) is 0 Å². The van der Waals surface area contributed by atoms with Crippen molar-refractivity contribution in [1.82, 2.24) is 15.0 Å². The predicted octanol–water partition coefficient (Wildman–Crippen LogP) is 2.60. The van der Waals surface area contributed by atoms with Crippen LogP contribution in [0.1, 0.15) is 11.3 Å². The van der Waals surface area contributed by atoms with Crippen molar-refractivity contribution in [3.05, 3.63) is 47.7 Å². The van der Waals surface area contributed by atoms with Gasteiger partial charge in [-0.1, -0.05) is 18.2 Å². The molecule has 0 bridgehead atoms. The van der Waals surface area contributed by atoms with Gasteiger partial charge in [0.15, 0.2) is 0 Å². The summed E-state index contributed by atoms with van der Waals surface area (Å²) in [5.41, 5.74) is 2.50. The molecule has 28 heavy (non-hydrogen) atoms. The van der Waals surface area contributed by atoms with Gasteiger partial charge in [-0.25, -0.2) is 9.97 Å². The molecule has 2 aromatic heterocycles. The van der Waals surface area contributed by atoms with Gasteiger partial charge in [0.1, 0.15) is 11.6 Å². The molecular formula is C21H23N7. The number of pyridine rings is 1. The topological polar surface area (TPSA) is 72.2 Å². The number of nitriles is 1. The summed E-state index contributed by atoms with van der Waals surface area (Å²) in [6, 6.07) is 14.0. The van der Waals surface area contributed by atoms with E-state index >= 15 is 0 Å². The van der Waals surface area contributed by atoms with Crippen LogP contribution in [-0.4, -0.2) is 55.2 Å². The molecule has 7 nitrogen and oxygen atoms in total. The summed E-state index contributed by atoms with van der Waals surface area (Å²) in [5.74, 6) is 2.55. The summed E-state index contributed by atoms with van der Waals surface area (Å²) in [7, 11) is 3.91. The second-order valence-electron chi connectivity index (χ2n) is 7.19. The van der Waals surface area contributed by atoms with E-state index in [0.29, 0.717) is 5.56 Å². The third-order valence-corrected chi connectivity index (χ3v) is 4.98. The van der Waals surface area contributed by atoms with E-state index in [4.69, 9.17) is 4.98 Å². The van der Waals surface area contributed by atoms with E-state index in [-0.39, 0.29) is 0 Å². The average Bonchev–Trinajstić information content (AvgIpc) is 2.72. The minimum Gasteiger partial charge on any atom is -0.353 e. The van der Waals surface area contributed by atoms with Gasteiger partial charge in [-0.3, -0.25) is 0 Å². The third-order valence-electron chi connectivity index (χ3n) is 4.98. The zero-order valence-electron chi connectivity index (χ0n) is 16.4. The standard InChI is InChI=1S/C21H23N7/c1-15-12-19(25-21(23-15)26(2)3)27-8-10-28(11-9-27)20-13-16(14-22)17-6-4-5-7-18(17)24-20/h4-7,12-13H,8-11H2,1-3H3. The monoisotopic (exact) mass is 373 g/mol. The number of benzene rings is 1. The number of aryl methyl sites for hydroxylation is 1. The molecule has 4 rings (SSSR count). The molecule has 0 spiro atoms. The highest BCUT2D eigenvalue weighted by atomic mass is 15.3. The maximum atomic E-state index is 9.52. The second kappa shape index (κ2) is 7.31. The van der Waals surface area contributed by atoms with Crippen molar-refractivity contribution in [2.45, 2.75) is 6.92 Å². The first-order valence-corrected chi connectivity index (χ1v) is 9.38. The van der Waals surface area contributed by atoms with E-state index < -0.39 is 0 Å². The van der Waals surface area contributed by atoms with Crippen molar-refractivity contribution in [1.29, 1.82) is 5.26 Å². The highest BCUT2D eigenvalue weighted by molar-refractivity contribution is 5.86. The number of fused-ring (bicyclic) bond motifs is 1. The normalized spacial score (nSPS) is 14.2. The Hall–Kier alpha value is -3.40.